The molecule has 0 N–H and O–H groups in total. The van der Waals surface area contributed by atoms with Gasteiger partial charge in [-0.2, -0.15) is 0 Å². The first-order valence-electron chi connectivity index (χ1n) is 8.25. The fourth-order valence-electron chi connectivity index (χ4n) is 2.28. The van der Waals surface area contributed by atoms with Crippen molar-refractivity contribution in [2.45, 2.75) is 91.6 Å². The van der Waals surface area contributed by atoms with Gasteiger partial charge < -0.3 is 0 Å². The van der Waals surface area contributed by atoms with Gasteiger partial charge in [-0.25, -0.2) is 0 Å². The average Bonchev–Trinajstić information content (AvgIpc) is 2.39. The standard InChI is InChI=1S/C16H34O2P.Fe/c1-5-8-10-11-12-15(4)18-19(17)14-16(7-3)13-9-6-2;/h15-16H,5-14H2,1-4H3;/q+1;+2. The van der Waals surface area contributed by atoms with Crippen LogP contribution in [0.1, 0.15) is 85.5 Å². The average molecular weight is 345 g/mol. The Kier molecular flexibility index (Phi) is 18.2. The molecule has 0 aliphatic heterocycles. The zero-order valence-corrected chi connectivity index (χ0v) is 15.8. The van der Waals surface area contributed by atoms with Crippen LogP contribution in [0.2, 0.25) is 0 Å². The molecular weight excluding hydrogens is 311 g/mol. The Labute approximate surface area is 138 Å². The zero-order valence-electron chi connectivity index (χ0n) is 13.8. The summed E-state index contributed by atoms with van der Waals surface area (Å²) < 4.78 is 17.7. The van der Waals surface area contributed by atoms with Crippen LogP contribution in [0.4, 0.5) is 0 Å². The predicted molar refractivity (Wildman–Crippen MR) is 85.1 cm³/mol. The first-order valence-corrected chi connectivity index (χ1v) is 9.61. The van der Waals surface area contributed by atoms with Crippen LogP contribution in [0, 0.1) is 5.92 Å². The minimum atomic E-state index is -1.46. The van der Waals surface area contributed by atoms with Crippen molar-refractivity contribution in [3.8, 4) is 0 Å². The second kappa shape index (κ2) is 16.0. The molecule has 0 aliphatic rings. The second-order valence-corrected chi connectivity index (χ2v) is 6.94. The van der Waals surface area contributed by atoms with Crippen molar-refractivity contribution < 1.29 is 26.2 Å². The van der Waals surface area contributed by atoms with Gasteiger partial charge in [-0.3, -0.25) is 0 Å². The van der Waals surface area contributed by atoms with E-state index in [-0.39, 0.29) is 23.2 Å². The minimum Gasteiger partial charge on any atom is -0.143 e. The van der Waals surface area contributed by atoms with Crippen molar-refractivity contribution >= 4 is 8.03 Å². The van der Waals surface area contributed by atoms with Gasteiger partial charge in [-0.05, 0) is 30.8 Å². The van der Waals surface area contributed by atoms with E-state index in [1.807, 2.05) is 0 Å². The molecule has 4 heteroatoms. The van der Waals surface area contributed by atoms with Crippen molar-refractivity contribution in [3.63, 3.8) is 0 Å². The molecule has 0 saturated carbocycles. The summed E-state index contributed by atoms with van der Waals surface area (Å²) in [7, 11) is -1.46. The summed E-state index contributed by atoms with van der Waals surface area (Å²) in [5.74, 6) is 0.579. The third-order valence-corrected chi connectivity index (χ3v) is 5.12. The Morgan fingerprint density at radius 3 is 2.15 bits per heavy atom. The van der Waals surface area contributed by atoms with Gasteiger partial charge in [0, 0.05) is 5.92 Å². The second-order valence-electron chi connectivity index (χ2n) is 5.70. The number of rotatable bonds is 13. The van der Waals surface area contributed by atoms with Crippen molar-refractivity contribution in [2.24, 2.45) is 5.92 Å². The normalized spacial score (nSPS) is 14.5. The van der Waals surface area contributed by atoms with Crippen LogP contribution in [0.25, 0.3) is 0 Å². The van der Waals surface area contributed by atoms with Crippen LogP contribution in [-0.4, -0.2) is 12.3 Å². The van der Waals surface area contributed by atoms with E-state index < -0.39 is 8.03 Å². The van der Waals surface area contributed by atoms with Crippen LogP contribution in [0.3, 0.4) is 0 Å². The third-order valence-electron chi connectivity index (χ3n) is 3.71. The van der Waals surface area contributed by atoms with Gasteiger partial charge in [0.1, 0.15) is 6.10 Å². The molecule has 0 heterocycles. The van der Waals surface area contributed by atoms with Gasteiger partial charge in [0.2, 0.25) is 0 Å². The van der Waals surface area contributed by atoms with E-state index in [4.69, 9.17) is 4.52 Å². The molecule has 0 spiro atoms. The van der Waals surface area contributed by atoms with Gasteiger partial charge >= 0.3 is 25.1 Å². The summed E-state index contributed by atoms with van der Waals surface area (Å²) in [5.41, 5.74) is 0. The fourth-order valence-corrected chi connectivity index (χ4v) is 3.74. The maximum absolute atomic E-state index is 12.0. The molecule has 0 aliphatic carbocycles. The summed E-state index contributed by atoms with van der Waals surface area (Å²) in [6, 6.07) is 0. The molecule has 0 radical (unpaired) electrons. The molecule has 0 rings (SSSR count). The largest absolute Gasteiger partial charge is 2.00 e. The number of hydrogen-bond acceptors (Lipinski definition) is 2. The number of hydrogen-bond donors (Lipinski definition) is 0. The topological polar surface area (TPSA) is 26.3 Å². The van der Waals surface area contributed by atoms with Gasteiger partial charge in [0.25, 0.3) is 0 Å². The van der Waals surface area contributed by atoms with E-state index >= 15 is 0 Å². The van der Waals surface area contributed by atoms with Crippen molar-refractivity contribution in [1.29, 1.82) is 0 Å². The van der Waals surface area contributed by atoms with Crippen LogP contribution in [0.5, 0.6) is 0 Å². The van der Waals surface area contributed by atoms with Gasteiger partial charge in [0.05, 0.1) is 0 Å². The maximum atomic E-state index is 12.0. The molecule has 3 unspecified atom stereocenters. The first-order chi connectivity index (χ1) is 9.13. The number of unbranched alkanes of at least 4 members (excludes halogenated alkanes) is 4. The molecule has 20 heavy (non-hydrogen) atoms. The Hall–Kier alpha value is 0.579. The molecule has 2 nitrogen and oxygen atoms in total. The zero-order chi connectivity index (χ0) is 14.5. The van der Waals surface area contributed by atoms with Crippen LogP contribution >= 0.6 is 8.03 Å². The van der Waals surface area contributed by atoms with Crippen molar-refractivity contribution in [3.05, 3.63) is 0 Å². The Morgan fingerprint density at radius 2 is 1.60 bits per heavy atom. The van der Waals surface area contributed by atoms with E-state index in [0.717, 1.165) is 19.0 Å². The first kappa shape index (κ1) is 22.9. The summed E-state index contributed by atoms with van der Waals surface area (Å²) in [5, 5.41) is 0. The van der Waals surface area contributed by atoms with E-state index in [9.17, 15) is 4.57 Å². The molecule has 0 aromatic carbocycles. The van der Waals surface area contributed by atoms with Gasteiger partial charge in [0.15, 0.2) is 6.16 Å². The van der Waals surface area contributed by atoms with E-state index in [2.05, 4.69) is 27.7 Å². The van der Waals surface area contributed by atoms with E-state index in [1.54, 1.807) is 0 Å². The Balaban J connectivity index is 0. The molecule has 3 atom stereocenters. The monoisotopic (exact) mass is 345 g/mol. The molecule has 0 bridgehead atoms. The predicted octanol–water partition coefficient (Wildman–Crippen LogP) is 6.32. The Bertz CT molecular complexity index is 225. The van der Waals surface area contributed by atoms with E-state index in [1.165, 1.54) is 44.9 Å². The van der Waals surface area contributed by atoms with Crippen LogP contribution in [0.15, 0.2) is 0 Å². The molecule has 0 saturated heterocycles. The summed E-state index contributed by atoms with van der Waals surface area (Å²) in [4.78, 5) is 0. The SMILES string of the molecule is CCCCCCC(C)O[P+](=O)CC(CC)CCCC.[Fe+2]. The molecule has 0 fully saturated rings. The van der Waals surface area contributed by atoms with Crippen LogP contribution < -0.4 is 0 Å². The molecule has 120 valence electrons. The molecule has 0 aromatic rings. The van der Waals surface area contributed by atoms with Crippen LogP contribution in [-0.2, 0) is 26.2 Å². The maximum Gasteiger partial charge on any atom is 2.00 e. The summed E-state index contributed by atoms with van der Waals surface area (Å²) in [6.07, 6.45) is 11.8. The fraction of sp³-hybridized carbons (Fsp3) is 1.00. The van der Waals surface area contributed by atoms with E-state index in [0.29, 0.717) is 5.92 Å². The van der Waals surface area contributed by atoms with Gasteiger partial charge in [-0.1, -0.05) is 59.3 Å². The smallest absolute Gasteiger partial charge is 0.143 e. The molecular formula is C16H34FeO2P+3. The summed E-state index contributed by atoms with van der Waals surface area (Å²) in [6.45, 7) is 8.68. The molecule has 0 amide bonds. The van der Waals surface area contributed by atoms with Crippen molar-refractivity contribution in [1.82, 2.24) is 0 Å². The Morgan fingerprint density at radius 1 is 0.950 bits per heavy atom. The van der Waals surface area contributed by atoms with Crippen molar-refractivity contribution in [2.75, 3.05) is 6.16 Å². The summed E-state index contributed by atoms with van der Waals surface area (Å²) >= 11 is 0. The minimum absolute atomic E-state index is 0. The van der Waals surface area contributed by atoms with Gasteiger partial charge in [-0.15, -0.1) is 4.52 Å². The third kappa shape index (κ3) is 13.6. The quantitative estimate of drug-likeness (QED) is 0.222. The molecule has 0 aromatic heterocycles.